The Bertz CT molecular complexity index is 997. The molecule has 0 bridgehead atoms. The molecule has 3 aromatic rings. The third-order valence-electron chi connectivity index (χ3n) is 4.48. The highest BCUT2D eigenvalue weighted by Gasteiger charge is 2.16. The standard InChI is InChI=1S/C20H21ClN4O2/c1-3-25-13(2)16(12-23-25)18-11-15(14-7-4-5-8-17(14)24-18)20(27)22-10-6-9-19(21)26/h4-5,7-8,11-12H,3,6,9-10H2,1-2H3,(H,22,27). The summed E-state index contributed by atoms with van der Waals surface area (Å²) in [5.41, 5.74) is 3.93. The number of benzene rings is 1. The minimum Gasteiger partial charge on any atom is -0.352 e. The van der Waals surface area contributed by atoms with Crippen LogP contribution in [0.3, 0.4) is 0 Å². The summed E-state index contributed by atoms with van der Waals surface area (Å²) in [5.74, 6) is -0.197. The number of nitrogens with zero attached hydrogens (tertiary/aromatic N) is 3. The van der Waals surface area contributed by atoms with Crippen molar-refractivity contribution in [1.82, 2.24) is 20.1 Å². The lowest BCUT2D eigenvalue weighted by molar-refractivity contribution is -0.111. The molecule has 0 fully saturated rings. The molecule has 0 aliphatic rings. The molecule has 27 heavy (non-hydrogen) atoms. The van der Waals surface area contributed by atoms with Crippen molar-refractivity contribution in [3.05, 3.63) is 47.8 Å². The average Bonchev–Trinajstić information content (AvgIpc) is 3.04. The van der Waals surface area contributed by atoms with Crippen LogP contribution in [0.2, 0.25) is 0 Å². The van der Waals surface area contributed by atoms with Crippen LogP contribution < -0.4 is 5.32 Å². The van der Waals surface area contributed by atoms with E-state index in [4.69, 9.17) is 16.6 Å². The minimum atomic E-state index is -0.399. The fourth-order valence-electron chi connectivity index (χ4n) is 3.04. The predicted octanol–water partition coefficient (Wildman–Crippen LogP) is 3.70. The van der Waals surface area contributed by atoms with Gasteiger partial charge >= 0.3 is 0 Å². The topological polar surface area (TPSA) is 76.9 Å². The molecule has 1 amide bonds. The van der Waals surface area contributed by atoms with E-state index in [-0.39, 0.29) is 12.3 Å². The largest absolute Gasteiger partial charge is 0.352 e. The van der Waals surface area contributed by atoms with Gasteiger partial charge in [-0.1, -0.05) is 18.2 Å². The van der Waals surface area contributed by atoms with Crippen molar-refractivity contribution in [3.8, 4) is 11.3 Å². The zero-order valence-electron chi connectivity index (χ0n) is 15.3. The van der Waals surface area contributed by atoms with E-state index in [2.05, 4.69) is 10.4 Å². The number of amides is 1. The number of aromatic nitrogens is 3. The second-order valence-electron chi connectivity index (χ2n) is 6.25. The predicted molar refractivity (Wildman–Crippen MR) is 106 cm³/mol. The monoisotopic (exact) mass is 384 g/mol. The zero-order valence-corrected chi connectivity index (χ0v) is 16.1. The summed E-state index contributed by atoms with van der Waals surface area (Å²) >= 11 is 5.34. The Balaban J connectivity index is 1.97. The molecule has 0 saturated carbocycles. The van der Waals surface area contributed by atoms with Gasteiger partial charge < -0.3 is 5.32 Å². The second-order valence-corrected chi connectivity index (χ2v) is 6.67. The van der Waals surface area contributed by atoms with Crippen LogP contribution >= 0.6 is 11.6 Å². The molecule has 0 spiro atoms. The first-order valence-corrected chi connectivity index (χ1v) is 9.28. The molecular formula is C20H21ClN4O2. The van der Waals surface area contributed by atoms with Gasteiger partial charge in [0.25, 0.3) is 5.91 Å². The van der Waals surface area contributed by atoms with Crippen LogP contribution in [0, 0.1) is 6.92 Å². The van der Waals surface area contributed by atoms with Crippen molar-refractivity contribution in [1.29, 1.82) is 0 Å². The number of carbonyl (C=O) groups is 2. The van der Waals surface area contributed by atoms with Crippen LogP contribution in [0.25, 0.3) is 22.2 Å². The quantitative estimate of drug-likeness (QED) is 0.497. The highest BCUT2D eigenvalue weighted by molar-refractivity contribution is 6.63. The molecule has 1 aromatic carbocycles. The molecule has 0 radical (unpaired) electrons. The molecule has 2 heterocycles. The first-order valence-electron chi connectivity index (χ1n) is 8.90. The van der Waals surface area contributed by atoms with E-state index < -0.39 is 5.24 Å². The summed E-state index contributed by atoms with van der Waals surface area (Å²) < 4.78 is 1.90. The Morgan fingerprint density at radius 1 is 1.26 bits per heavy atom. The molecule has 0 unspecified atom stereocenters. The fraction of sp³-hybridized carbons (Fsp3) is 0.300. The molecule has 140 valence electrons. The normalized spacial score (nSPS) is 10.9. The smallest absolute Gasteiger partial charge is 0.252 e. The Hall–Kier alpha value is -2.73. The van der Waals surface area contributed by atoms with Crippen molar-refractivity contribution in [2.24, 2.45) is 0 Å². The second kappa shape index (κ2) is 8.31. The third kappa shape index (κ3) is 4.17. The molecular weight excluding hydrogens is 364 g/mol. The molecule has 6 nitrogen and oxygen atoms in total. The van der Waals surface area contributed by atoms with Crippen molar-refractivity contribution >= 4 is 33.7 Å². The highest BCUT2D eigenvalue weighted by atomic mass is 35.5. The molecule has 1 N–H and O–H groups in total. The van der Waals surface area contributed by atoms with Gasteiger partial charge in [0.1, 0.15) is 0 Å². The van der Waals surface area contributed by atoms with E-state index in [9.17, 15) is 9.59 Å². The summed E-state index contributed by atoms with van der Waals surface area (Å²) in [4.78, 5) is 28.3. The van der Waals surface area contributed by atoms with Gasteiger partial charge in [0.05, 0.1) is 23.0 Å². The van der Waals surface area contributed by atoms with Gasteiger partial charge in [-0.15, -0.1) is 0 Å². The number of nitrogens with one attached hydrogen (secondary N) is 1. The van der Waals surface area contributed by atoms with Gasteiger partial charge in [-0.25, -0.2) is 4.98 Å². The van der Waals surface area contributed by atoms with Crippen molar-refractivity contribution in [3.63, 3.8) is 0 Å². The minimum absolute atomic E-state index is 0.197. The summed E-state index contributed by atoms with van der Waals surface area (Å²) in [6, 6.07) is 9.35. The molecule has 0 aliphatic carbocycles. The van der Waals surface area contributed by atoms with Gasteiger partial charge in [-0.2, -0.15) is 5.10 Å². The van der Waals surface area contributed by atoms with E-state index in [1.807, 2.05) is 42.8 Å². The lowest BCUT2D eigenvalue weighted by atomic mass is 10.0. The number of aryl methyl sites for hydroxylation is 1. The SMILES string of the molecule is CCn1ncc(-c2cc(C(=O)NCCCC(=O)Cl)c3ccccc3n2)c1C. The Morgan fingerprint density at radius 2 is 2.04 bits per heavy atom. The van der Waals surface area contributed by atoms with E-state index in [0.29, 0.717) is 24.2 Å². The summed E-state index contributed by atoms with van der Waals surface area (Å²) in [6.07, 6.45) is 2.52. The van der Waals surface area contributed by atoms with Gasteiger partial charge in [0.15, 0.2) is 0 Å². The van der Waals surface area contributed by atoms with Crippen LogP contribution in [-0.2, 0) is 11.3 Å². The van der Waals surface area contributed by atoms with E-state index in [1.54, 1.807) is 12.3 Å². The highest BCUT2D eigenvalue weighted by Crippen LogP contribution is 2.27. The number of fused-ring (bicyclic) bond motifs is 1. The number of rotatable bonds is 7. The van der Waals surface area contributed by atoms with Crippen molar-refractivity contribution in [2.45, 2.75) is 33.2 Å². The number of para-hydroxylation sites is 1. The van der Waals surface area contributed by atoms with Crippen molar-refractivity contribution < 1.29 is 9.59 Å². The maximum atomic E-state index is 12.8. The lowest BCUT2D eigenvalue weighted by Gasteiger charge is -2.10. The number of pyridine rings is 1. The molecule has 3 rings (SSSR count). The average molecular weight is 385 g/mol. The molecule has 0 aliphatic heterocycles. The number of hydrogen-bond acceptors (Lipinski definition) is 4. The maximum absolute atomic E-state index is 12.8. The third-order valence-corrected chi connectivity index (χ3v) is 4.66. The first-order chi connectivity index (χ1) is 13.0. The van der Waals surface area contributed by atoms with Gasteiger partial charge in [-0.3, -0.25) is 14.3 Å². The maximum Gasteiger partial charge on any atom is 0.252 e. The Kier molecular flexibility index (Phi) is 5.86. The van der Waals surface area contributed by atoms with Crippen LogP contribution in [0.5, 0.6) is 0 Å². The summed E-state index contributed by atoms with van der Waals surface area (Å²) in [5, 5.41) is 7.62. The van der Waals surface area contributed by atoms with Crippen LogP contribution in [0.1, 0.15) is 35.8 Å². The first kappa shape index (κ1) is 19.0. The lowest BCUT2D eigenvalue weighted by Crippen LogP contribution is -2.25. The van der Waals surface area contributed by atoms with Gasteiger partial charge in [0, 0.05) is 36.2 Å². The van der Waals surface area contributed by atoms with Crippen LogP contribution in [0.15, 0.2) is 36.5 Å². The van der Waals surface area contributed by atoms with Crippen LogP contribution in [0.4, 0.5) is 0 Å². The molecule has 0 atom stereocenters. The Labute approximate surface area is 162 Å². The summed E-state index contributed by atoms with van der Waals surface area (Å²) in [7, 11) is 0. The number of hydrogen-bond donors (Lipinski definition) is 1. The number of halogens is 1. The molecule has 7 heteroatoms. The van der Waals surface area contributed by atoms with Gasteiger partial charge in [-0.05, 0) is 44.0 Å². The van der Waals surface area contributed by atoms with E-state index >= 15 is 0 Å². The molecule has 2 aromatic heterocycles. The van der Waals surface area contributed by atoms with Crippen molar-refractivity contribution in [2.75, 3.05) is 6.54 Å². The summed E-state index contributed by atoms with van der Waals surface area (Å²) in [6.45, 7) is 5.18. The zero-order chi connectivity index (χ0) is 19.4. The molecule has 0 saturated heterocycles. The Morgan fingerprint density at radius 3 is 2.74 bits per heavy atom. The number of carbonyl (C=O) groups excluding carboxylic acids is 2. The van der Waals surface area contributed by atoms with Crippen LogP contribution in [-0.4, -0.2) is 32.5 Å². The van der Waals surface area contributed by atoms with E-state index in [0.717, 1.165) is 28.7 Å². The van der Waals surface area contributed by atoms with Gasteiger partial charge in [0.2, 0.25) is 5.24 Å². The fourth-order valence-corrected chi connectivity index (χ4v) is 3.18. The van der Waals surface area contributed by atoms with E-state index in [1.165, 1.54) is 0 Å².